The van der Waals surface area contributed by atoms with E-state index in [1.807, 2.05) is 42.9 Å². The zero-order chi connectivity index (χ0) is 29.6. The van der Waals surface area contributed by atoms with Gasteiger partial charge in [-0.25, -0.2) is 26.9 Å². The van der Waals surface area contributed by atoms with E-state index < -0.39 is 21.9 Å². The molecule has 2 aliphatic rings. The van der Waals surface area contributed by atoms with E-state index in [-0.39, 0.29) is 40.9 Å². The Morgan fingerprint density at radius 2 is 1.86 bits per heavy atom. The van der Waals surface area contributed by atoms with E-state index in [0.29, 0.717) is 17.9 Å². The smallest absolute Gasteiger partial charge is 0.241 e. The number of aromatic nitrogens is 2. The van der Waals surface area contributed by atoms with E-state index in [2.05, 4.69) is 9.71 Å². The third kappa shape index (κ3) is 5.48. The van der Waals surface area contributed by atoms with Crippen molar-refractivity contribution in [2.45, 2.75) is 49.6 Å². The van der Waals surface area contributed by atoms with Crippen LogP contribution in [0.15, 0.2) is 84.0 Å². The molecule has 42 heavy (non-hydrogen) atoms. The summed E-state index contributed by atoms with van der Waals surface area (Å²) in [6, 6.07) is 16.5. The molecule has 0 saturated heterocycles. The van der Waals surface area contributed by atoms with E-state index in [9.17, 15) is 22.0 Å². The van der Waals surface area contributed by atoms with Crippen LogP contribution in [0.3, 0.4) is 0 Å². The van der Waals surface area contributed by atoms with Gasteiger partial charge in [-0.05, 0) is 90.3 Å². The van der Waals surface area contributed by atoms with Gasteiger partial charge in [0.05, 0.1) is 11.4 Å². The predicted molar refractivity (Wildman–Crippen MR) is 155 cm³/mol. The average molecular weight is 591 g/mol. The van der Waals surface area contributed by atoms with Crippen LogP contribution in [0.5, 0.6) is 0 Å². The Morgan fingerprint density at radius 1 is 1.07 bits per heavy atom. The first-order valence-corrected chi connectivity index (χ1v) is 15.5. The molecule has 1 saturated carbocycles. The number of halogens is 2. The fourth-order valence-corrected chi connectivity index (χ4v) is 7.45. The normalized spacial score (nSPS) is 21.5. The van der Waals surface area contributed by atoms with Gasteiger partial charge in [-0.15, -0.1) is 0 Å². The van der Waals surface area contributed by atoms with Gasteiger partial charge in [-0.2, -0.15) is 0 Å². The Bertz CT molecular complexity index is 1740. The van der Waals surface area contributed by atoms with Crippen LogP contribution in [-0.2, 0) is 34.8 Å². The van der Waals surface area contributed by atoms with Crippen molar-refractivity contribution in [3.63, 3.8) is 0 Å². The highest BCUT2D eigenvalue weighted by molar-refractivity contribution is 7.89. The summed E-state index contributed by atoms with van der Waals surface area (Å²) in [7, 11) is -2.11. The standard InChI is InChI=1S/C32H32F2N4O3S/c1-20-30(22-9-12-23(33)13-10-22)31(20)32(39)38(19-29-35-15-16-37(29)2)25-14-11-21-5-3-8-28(27(21)18-25)36-42(40,41)26-7-4-6-24(34)17-26/h4,6-7,9-18,20,28,30-31,36H,3,5,8,19H2,1-2H3/t20-,28+,30+,31-/m1/s1. The second kappa shape index (κ2) is 11.1. The molecule has 0 spiro atoms. The Balaban J connectivity index is 1.33. The zero-order valence-electron chi connectivity index (χ0n) is 23.4. The summed E-state index contributed by atoms with van der Waals surface area (Å²) >= 11 is 0. The third-order valence-corrected chi connectivity index (χ3v) is 10.0. The molecule has 4 atom stereocenters. The van der Waals surface area contributed by atoms with E-state index in [0.717, 1.165) is 35.6 Å². The van der Waals surface area contributed by atoms with Crippen molar-refractivity contribution in [1.29, 1.82) is 0 Å². The summed E-state index contributed by atoms with van der Waals surface area (Å²) in [6.45, 7) is 2.26. The van der Waals surface area contributed by atoms with Crippen molar-refractivity contribution in [3.05, 3.63) is 113 Å². The van der Waals surface area contributed by atoms with Gasteiger partial charge in [0.25, 0.3) is 0 Å². The van der Waals surface area contributed by atoms with Crippen LogP contribution in [0, 0.1) is 23.5 Å². The zero-order valence-corrected chi connectivity index (χ0v) is 24.2. The second-order valence-electron chi connectivity index (χ2n) is 11.2. The third-order valence-electron chi connectivity index (χ3n) is 8.56. The van der Waals surface area contributed by atoms with Gasteiger partial charge < -0.3 is 9.47 Å². The van der Waals surface area contributed by atoms with Crippen molar-refractivity contribution in [2.24, 2.45) is 18.9 Å². The lowest BCUT2D eigenvalue weighted by molar-refractivity contribution is -0.120. The average Bonchev–Trinajstić information content (AvgIpc) is 3.47. The number of benzene rings is 3. The number of amides is 1. The molecule has 1 N–H and O–H groups in total. The Morgan fingerprint density at radius 3 is 2.57 bits per heavy atom. The molecular formula is C32H32F2N4O3S. The van der Waals surface area contributed by atoms with Crippen molar-refractivity contribution in [1.82, 2.24) is 14.3 Å². The van der Waals surface area contributed by atoms with Crippen LogP contribution in [0.1, 0.15) is 54.2 Å². The van der Waals surface area contributed by atoms with Gasteiger partial charge in [0, 0.05) is 37.1 Å². The number of imidazole rings is 1. The number of nitrogens with one attached hydrogen (secondary N) is 1. The lowest BCUT2D eigenvalue weighted by Crippen LogP contribution is -2.34. The molecule has 1 aromatic heterocycles. The van der Waals surface area contributed by atoms with Crippen LogP contribution in [-0.4, -0.2) is 23.9 Å². The van der Waals surface area contributed by atoms with Crippen molar-refractivity contribution in [2.75, 3.05) is 4.90 Å². The van der Waals surface area contributed by atoms with E-state index in [1.165, 1.54) is 30.3 Å². The molecule has 1 amide bonds. The topological polar surface area (TPSA) is 84.3 Å². The number of aryl methyl sites for hydroxylation is 2. The molecule has 2 aliphatic carbocycles. The lowest BCUT2D eigenvalue weighted by atomic mass is 9.87. The number of fused-ring (bicyclic) bond motifs is 1. The number of nitrogens with zero attached hydrogens (tertiary/aromatic N) is 3. The second-order valence-corrected chi connectivity index (χ2v) is 13.0. The fourth-order valence-electron chi connectivity index (χ4n) is 6.17. The minimum Gasteiger partial charge on any atom is -0.337 e. The highest BCUT2D eigenvalue weighted by atomic mass is 32.2. The number of hydrogen-bond acceptors (Lipinski definition) is 4. The van der Waals surface area contributed by atoms with Crippen LogP contribution >= 0.6 is 0 Å². The molecular weight excluding hydrogens is 558 g/mol. The number of hydrogen-bond donors (Lipinski definition) is 1. The van der Waals surface area contributed by atoms with Crippen LogP contribution in [0.2, 0.25) is 0 Å². The molecule has 7 nitrogen and oxygen atoms in total. The number of sulfonamides is 1. The maximum Gasteiger partial charge on any atom is 0.241 e. The highest BCUT2D eigenvalue weighted by Crippen LogP contribution is 2.55. The van der Waals surface area contributed by atoms with E-state index >= 15 is 0 Å². The first-order valence-electron chi connectivity index (χ1n) is 14.1. The number of anilines is 1. The predicted octanol–water partition coefficient (Wildman–Crippen LogP) is 5.64. The molecule has 0 bridgehead atoms. The molecule has 0 unspecified atom stereocenters. The Labute approximate surface area is 244 Å². The molecule has 1 fully saturated rings. The first kappa shape index (κ1) is 28.2. The molecule has 0 aliphatic heterocycles. The summed E-state index contributed by atoms with van der Waals surface area (Å²) in [5.41, 5.74) is 3.38. The highest BCUT2D eigenvalue weighted by Gasteiger charge is 2.54. The van der Waals surface area contributed by atoms with Gasteiger partial charge in [0.15, 0.2) is 0 Å². The van der Waals surface area contributed by atoms with Gasteiger partial charge in [-0.1, -0.05) is 31.2 Å². The van der Waals surface area contributed by atoms with E-state index in [1.54, 1.807) is 23.2 Å². The van der Waals surface area contributed by atoms with Gasteiger partial charge >= 0.3 is 0 Å². The maximum absolute atomic E-state index is 14.2. The van der Waals surface area contributed by atoms with Crippen molar-refractivity contribution in [3.8, 4) is 0 Å². The lowest BCUT2D eigenvalue weighted by Gasteiger charge is -2.29. The molecule has 10 heteroatoms. The Kier molecular flexibility index (Phi) is 7.44. The largest absolute Gasteiger partial charge is 0.337 e. The van der Waals surface area contributed by atoms with Gasteiger partial charge in [-0.3, -0.25) is 4.79 Å². The summed E-state index contributed by atoms with van der Waals surface area (Å²) in [5.74, 6) is -0.526. The summed E-state index contributed by atoms with van der Waals surface area (Å²) in [4.78, 5) is 20.2. The SMILES string of the molecule is C[C@H]1[C@@H](C(=O)N(Cc2nccn2C)c2ccc3c(c2)[C@@H](NS(=O)(=O)c2cccc(F)c2)CCC3)[C@@H]1c1ccc(F)cc1. The molecule has 3 aromatic carbocycles. The number of rotatable bonds is 8. The molecule has 6 rings (SSSR count). The molecule has 218 valence electrons. The van der Waals surface area contributed by atoms with E-state index in [4.69, 9.17) is 0 Å². The van der Waals surface area contributed by atoms with Crippen molar-refractivity contribution >= 4 is 21.6 Å². The molecule has 4 aromatic rings. The fraction of sp³-hybridized carbons (Fsp3) is 0.312. The summed E-state index contributed by atoms with van der Waals surface area (Å²) < 4.78 is 58.4. The minimum absolute atomic E-state index is 0.0228. The quantitative estimate of drug-likeness (QED) is 0.288. The van der Waals surface area contributed by atoms with Crippen LogP contribution in [0.25, 0.3) is 0 Å². The minimum atomic E-state index is -3.98. The van der Waals surface area contributed by atoms with Gasteiger partial charge in [0.1, 0.15) is 17.5 Å². The maximum atomic E-state index is 14.2. The van der Waals surface area contributed by atoms with Crippen LogP contribution in [0.4, 0.5) is 14.5 Å². The summed E-state index contributed by atoms with van der Waals surface area (Å²) in [6.07, 6.45) is 5.65. The van der Waals surface area contributed by atoms with Gasteiger partial charge in [0.2, 0.25) is 15.9 Å². The monoisotopic (exact) mass is 590 g/mol. The first-order chi connectivity index (χ1) is 20.1. The van der Waals surface area contributed by atoms with Crippen LogP contribution < -0.4 is 9.62 Å². The number of carbonyl (C=O) groups excluding carboxylic acids is 1. The number of carbonyl (C=O) groups is 1. The molecule has 1 heterocycles. The Hall–Kier alpha value is -3.89. The summed E-state index contributed by atoms with van der Waals surface area (Å²) in [5, 5.41) is 0. The van der Waals surface area contributed by atoms with Crippen molar-refractivity contribution < 1.29 is 22.0 Å². The molecule has 0 radical (unpaired) electrons.